The van der Waals surface area contributed by atoms with Crippen LogP contribution in [0.25, 0.3) is 0 Å². The molecule has 0 aromatic heterocycles. The minimum Gasteiger partial charge on any atom is -0.396 e. The van der Waals surface area contributed by atoms with Gasteiger partial charge in [-0.25, -0.2) is 0 Å². The van der Waals surface area contributed by atoms with Gasteiger partial charge in [0.2, 0.25) is 17.7 Å². The summed E-state index contributed by atoms with van der Waals surface area (Å²) >= 11 is 0. The van der Waals surface area contributed by atoms with Gasteiger partial charge in [-0.15, -0.1) is 13.2 Å². The molecule has 4 heterocycles. The van der Waals surface area contributed by atoms with Crippen molar-refractivity contribution in [1.29, 1.82) is 0 Å². The van der Waals surface area contributed by atoms with Crippen molar-refractivity contribution in [2.45, 2.75) is 49.9 Å². The summed E-state index contributed by atoms with van der Waals surface area (Å²) in [5.74, 6) is -1.92. The maximum absolute atomic E-state index is 14.3. The van der Waals surface area contributed by atoms with Crippen LogP contribution in [-0.4, -0.2) is 132 Å². The van der Waals surface area contributed by atoms with Gasteiger partial charge in [0, 0.05) is 59.5 Å². The molecule has 1 spiro atoms. The Kier molecular flexibility index (Phi) is 8.96. The molecule has 1 N–H and O–H groups in total. The minimum atomic E-state index is -1.06. The van der Waals surface area contributed by atoms with E-state index in [1.165, 1.54) is 0 Å². The molecule has 5 atom stereocenters. The van der Waals surface area contributed by atoms with Gasteiger partial charge in [-0.05, 0) is 25.7 Å². The molecule has 212 valence electrons. The van der Waals surface area contributed by atoms with Gasteiger partial charge in [0.05, 0.1) is 30.7 Å². The number of hydrogen-bond donors (Lipinski definition) is 1. The lowest BCUT2D eigenvalue weighted by molar-refractivity contribution is -0.154. The zero-order valence-corrected chi connectivity index (χ0v) is 23.0. The predicted octanol–water partition coefficient (Wildman–Crippen LogP) is 0.515. The molecular weight excluding hydrogens is 488 g/mol. The first-order valence-corrected chi connectivity index (χ1v) is 14.0. The first-order valence-electron chi connectivity index (χ1n) is 14.0. The Labute approximate surface area is 226 Å². The number of hydrogen-bond acceptors (Lipinski definition) is 7. The van der Waals surface area contributed by atoms with Crippen molar-refractivity contribution in [2.75, 3.05) is 72.7 Å². The number of aliphatic hydroxyl groups is 1. The highest BCUT2D eigenvalue weighted by Gasteiger charge is 2.78. The average molecular weight is 533 g/mol. The monoisotopic (exact) mass is 532 g/mol. The lowest BCUT2D eigenvalue weighted by Crippen LogP contribution is -2.57. The van der Waals surface area contributed by atoms with E-state index in [1.54, 1.807) is 33.9 Å². The number of morpholine rings is 1. The standard InChI is InChI=1S/C28H44N4O6/c1-5-11-29(4)24(34)21-22-25(35)32(13-8-18-33)23(28(22)10-9-27(21,7-3)38-28)26(36)31(12-6-2)15-14-30-16-19-37-20-17-30/h5-6,21-23,33H,1-2,7-20H2,3-4H3/t21-,22+,23?,27+,28?/m1/s1. The largest absolute Gasteiger partial charge is 0.396 e. The van der Waals surface area contributed by atoms with Crippen molar-refractivity contribution in [2.24, 2.45) is 11.8 Å². The third-order valence-electron chi connectivity index (χ3n) is 8.97. The van der Waals surface area contributed by atoms with Crippen LogP contribution in [0, 0.1) is 11.8 Å². The van der Waals surface area contributed by atoms with Crippen molar-refractivity contribution >= 4 is 17.7 Å². The Morgan fingerprint density at radius 3 is 2.47 bits per heavy atom. The van der Waals surface area contributed by atoms with Crippen LogP contribution >= 0.6 is 0 Å². The molecule has 3 amide bonds. The summed E-state index contributed by atoms with van der Waals surface area (Å²) in [4.78, 5) is 49.4. The number of rotatable bonds is 13. The molecule has 0 radical (unpaired) electrons. The normalized spacial score (nSPS) is 32.3. The minimum absolute atomic E-state index is 0.0973. The Morgan fingerprint density at radius 2 is 1.84 bits per heavy atom. The van der Waals surface area contributed by atoms with Crippen molar-refractivity contribution in [1.82, 2.24) is 19.6 Å². The molecule has 2 unspecified atom stereocenters. The van der Waals surface area contributed by atoms with Gasteiger partial charge in [-0.3, -0.25) is 19.3 Å². The van der Waals surface area contributed by atoms with Crippen LogP contribution in [0.15, 0.2) is 25.3 Å². The Morgan fingerprint density at radius 1 is 1.13 bits per heavy atom. The molecule has 2 bridgehead atoms. The summed E-state index contributed by atoms with van der Waals surface area (Å²) in [7, 11) is 1.72. The smallest absolute Gasteiger partial charge is 0.248 e. The first kappa shape index (κ1) is 28.7. The number of carbonyl (C=O) groups is 3. The van der Waals surface area contributed by atoms with Gasteiger partial charge in [0.25, 0.3) is 0 Å². The van der Waals surface area contributed by atoms with E-state index in [-0.39, 0.29) is 30.9 Å². The third kappa shape index (κ3) is 4.80. The summed E-state index contributed by atoms with van der Waals surface area (Å²) in [6.45, 7) is 14.6. The summed E-state index contributed by atoms with van der Waals surface area (Å²) in [5.41, 5.74) is -1.83. The molecule has 0 aliphatic carbocycles. The SMILES string of the molecule is C=CCN(C)C(=O)[C@H]1[C@H]2C(=O)N(CCCO)C(C(=O)N(CC=C)CCN3CCOCC3)C23CC[C@]1(CC)O3. The molecule has 4 aliphatic heterocycles. The van der Waals surface area contributed by atoms with Crippen molar-refractivity contribution in [3.05, 3.63) is 25.3 Å². The van der Waals surface area contributed by atoms with E-state index in [0.29, 0.717) is 65.1 Å². The van der Waals surface area contributed by atoms with E-state index >= 15 is 0 Å². The number of likely N-dealkylation sites (tertiary alicyclic amines) is 1. The molecule has 0 aromatic carbocycles. The summed E-state index contributed by atoms with van der Waals surface area (Å²) < 4.78 is 12.3. The molecule has 10 nitrogen and oxygen atoms in total. The lowest BCUT2D eigenvalue weighted by Gasteiger charge is -2.37. The highest BCUT2D eigenvalue weighted by atomic mass is 16.5. The van der Waals surface area contributed by atoms with Crippen LogP contribution in [-0.2, 0) is 23.9 Å². The van der Waals surface area contributed by atoms with Gasteiger partial charge in [-0.1, -0.05) is 19.1 Å². The summed E-state index contributed by atoms with van der Waals surface area (Å²) in [6, 6.07) is -0.841. The molecular formula is C28H44N4O6. The molecule has 10 heteroatoms. The van der Waals surface area contributed by atoms with Crippen LogP contribution in [0.2, 0.25) is 0 Å². The van der Waals surface area contributed by atoms with E-state index in [4.69, 9.17) is 9.47 Å². The zero-order chi connectivity index (χ0) is 27.5. The second-order valence-corrected chi connectivity index (χ2v) is 11.0. The molecule has 38 heavy (non-hydrogen) atoms. The molecule has 4 fully saturated rings. The number of ether oxygens (including phenoxy) is 2. The van der Waals surface area contributed by atoms with Crippen molar-refractivity contribution in [3.63, 3.8) is 0 Å². The van der Waals surface area contributed by atoms with Gasteiger partial charge in [-0.2, -0.15) is 0 Å². The van der Waals surface area contributed by atoms with Crippen LogP contribution in [0.4, 0.5) is 0 Å². The molecule has 0 saturated carbocycles. The van der Waals surface area contributed by atoms with E-state index < -0.39 is 29.1 Å². The Hall–Kier alpha value is -2.27. The van der Waals surface area contributed by atoms with Crippen LogP contribution < -0.4 is 0 Å². The van der Waals surface area contributed by atoms with Crippen LogP contribution in [0.3, 0.4) is 0 Å². The maximum atomic E-state index is 14.3. The first-order chi connectivity index (χ1) is 18.3. The van der Waals surface area contributed by atoms with Crippen LogP contribution in [0.1, 0.15) is 32.6 Å². The van der Waals surface area contributed by atoms with E-state index in [9.17, 15) is 19.5 Å². The Bertz CT molecular complexity index is 923. The zero-order valence-electron chi connectivity index (χ0n) is 23.0. The van der Waals surface area contributed by atoms with E-state index in [1.807, 2.05) is 6.92 Å². The quantitative estimate of drug-likeness (QED) is 0.345. The second-order valence-electron chi connectivity index (χ2n) is 11.0. The van der Waals surface area contributed by atoms with E-state index in [2.05, 4.69) is 18.1 Å². The molecule has 4 rings (SSSR count). The van der Waals surface area contributed by atoms with Gasteiger partial charge in [0.1, 0.15) is 11.6 Å². The predicted molar refractivity (Wildman–Crippen MR) is 142 cm³/mol. The van der Waals surface area contributed by atoms with Gasteiger partial charge < -0.3 is 29.3 Å². The van der Waals surface area contributed by atoms with Gasteiger partial charge >= 0.3 is 0 Å². The highest BCUT2D eigenvalue weighted by Crippen LogP contribution is 2.64. The van der Waals surface area contributed by atoms with Gasteiger partial charge in [0.15, 0.2) is 0 Å². The fourth-order valence-corrected chi connectivity index (χ4v) is 7.08. The molecule has 4 saturated heterocycles. The number of fused-ring (bicyclic) bond motifs is 1. The molecule has 4 aliphatic rings. The van der Waals surface area contributed by atoms with Crippen LogP contribution in [0.5, 0.6) is 0 Å². The average Bonchev–Trinajstić information content (AvgIpc) is 3.53. The number of amides is 3. The Balaban J connectivity index is 1.68. The van der Waals surface area contributed by atoms with Crippen molar-refractivity contribution < 1.29 is 29.0 Å². The fraction of sp³-hybridized carbons (Fsp3) is 0.750. The topological polar surface area (TPSA) is 103 Å². The number of nitrogens with zero attached hydrogens (tertiary/aromatic N) is 4. The summed E-state index contributed by atoms with van der Waals surface area (Å²) in [5, 5.41) is 9.58. The summed E-state index contributed by atoms with van der Waals surface area (Å²) in [6.07, 6.45) is 5.47. The number of carbonyl (C=O) groups excluding carboxylic acids is 3. The second kappa shape index (κ2) is 11.9. The third-order valence-corrected chi connectivity index (χ3v) is 8.97. The molecule has 0 aromatic rings. The maximum Gasteiger partial charge on any atom is 0.248 e. The number of aliphatic hydroxyl groups excluding tert-OH is 1. The fourth-order valence-electron chi connectivity index (χ4n) is 7.08. The lowest BCUT2D eigenvalue weighted by atomic mass is 9.64. The van der Waals surface area contributed by atoms with Crippen molar-refractivity contribution in [3.8, 4) is 0 Å². The highest BCUT2D eigenvalue weighted by molar-refractivity contribution is 5.99. The van der Waals surface area contributed by atoms with E-state index in [0.717, 1.165) is 13.1 Å². The number of likely N-dealkylation sites (N-methyl/N-ethyl adjacent to an activating group) is 1.